The van der Waals surface area contributed by atoms with Gasteiger partial charge < -0.3 is 5.11 Å². The lowest BCUT2D eigenvalue weighted by Gasteiger charge is -1.95. The van der Waals surface area contributed by atoms with E-state index < -0.39 is 12.5 Å². The highest BCUT2D eigenvalue weighted by Crippen LogP contribution is 2.09. The molecule has 0 saturated carbocycles. The molecule has 0 atom stereocenters. The Morgan fingerprint density at radius 3 is 2.55 bits per heavy atom. The van der Waals surface area contributed by atoms with Gasteiger partial charge in [-0.2, -0.15) is 0 Å². The molecule has 0 spiro atoms. The predicted molar refractivity (Wildman–Crippen MR) is 43.1 cm³/mol. The van der Waals surface area contributed by atoms with Gasteiger partial charge in [0.1, 0.15) is 2.74 Å². The molecule has 0 amide bonds. The molecule has 1 rings (SSSR count). The maximum absolute atomic E-state index is 10.7. The van der Waals surface area contributed by atoms with Crippen molar-refractivity contribution in [1.82, 2.24) is 0 Å². The summed E-state index contributed by atoms with van der Waals surface area (Å²) in [7, 11) is 0. The minimum Gasteiger partial charge on any atom is -0.515 e. The van der Waals surface area contributed by atoms with E-state index in [-0.39, 0.29) is 5.57 Å². The van der Waals surface area contributed by atoms with E-state index in [1.54, 1.807) is 30.3 Å². The fourth-order valence-corrected chi connectivity index (χ4v) is 0.751. The van der Waals surface area contributed by atoms with E-state index in [2.05, 4.69) is 0 Å². The maximum Gasteiger partial charge on any atom is 0.153 e. The van der Waals surface area contributed by atoms with Gasteiger partial charge in [-0.25, -0.2) is 0 Å². The van der Waals surface area contributed by atoms with Gasteiger partial charge in [-0.1, -0.05) is 30.3 Å². The normalized spacial score (nSPS) is 14.5. The molecule has 1 N–H and O–H groups in total. The smallest absolute Gasteiger partial charge is 0.153 e. The monoisotopic (exact) mass is 150 g/mol. The second kappa shape index (κ2) is 3.56. The molecule has 2 heteroatoms. The average Bonchev–Trinajstić information content (AvgIpc) is 2.04. The second-order valence-corrected chi connectivity index (χ2v) is 1.95. The maximum atomic E-state index is 10.7. The van der Waals surface area contributed by atoms with Gasteiger partial charge >= 0.3 is 0 Å². The van der Waals surface area contributed by atoms with Crippen LogP contribution in [0.4, 0.5) is 0 Å². The minimum absolute atomic E-state index is 0.277. The zero-order chi connectivity index (χ0) is 9.84. The van der Waals surface area contributed by atoms with Crippen LogP contribution in [0.15, 0.2) is 36.6 Å². The molecule has 0 bridgehead atoms. The molecule has 0 saturated heterocycles. The molecular weight excluding hydrogens is 140 g/mol. The third-order valence-electron chi connectivity index (χ3n) is 1.28. The van der Waals surface area contributed by atoms with Crippen molar-refractivity contribution in [3.8, 4) is 0 Å². The third-order valence-corrected chi connectivity index (χ3v) is 1.28. The number of carbonyl (C=O) groups excluding carboxylic acids is 1. The van der Waals surface area contributed by atoms with Gasteiger partial charge in [0.15, 0.2) is 6.26 Å². The molecule has 1 aromatic carbocycles. The van der Waals surface area contributed by atoms with Crippen LogP contribution < -0.4 is 0 Å². The Morgan fingerprint density at radius 1 is 1.45 bits per heavy atom. The lowest BCUT2D eigenvalue weighted by atomic mass is 10.1. The number of aliphatic hydroxyl groups excluding tert-OH is 1. The molecular formula is C9H8O2. The number of allylic oxidation sites excluding steroid dienone is 1. The molecule has 0 aliphatic heterocycles. The zero-order valence-corrected chi connectivity index (χ0v) is 5.74. The predicted octanol–water partition coefficient (Wildman–Crippen LogP) is 1.78. The number of rotatable bonds is 2. The van der Waals surface area contributed by atoms with Crippen molar-refractivity contribution in [2.45, 2.75) is 0 Å². The van der Waals surface area contributed by atoms with Gasteiger partial charge in [0.25, 0.3) is 0 Å². The number of aliphatic hydroxyl groups is 1. The van der Waals surface area contributed by atoms with E-state index in [4.69, 9.17) is 7.85 Å². The highest BCUT2D eigenvalue weighted by Gasteiger charge is 1.96. The fraction of sp³-hybridized carbons (Fsp3) is 0. The van der Waals surface area contributed by atoms with Gasteiger partial charge in [0.2, 0.25) is 0 Å². The summed E-state index contributed by atoms with van der Waals surface area (Å²) in [4.78, 5) is 10.7. The molecule has 2 nitrogen and oxygen atoms in total. The van der Waals surface area contributed by atoms with Crippen LogP contribution in [-0.2, 0) is 4.79 Å². The Kier molecular flexibility index (Phi) is 1.66. The summed E-state index contributed by atoms with van der Waals surface area (Å²) in [6, 6.07) is 8.21. The van der Waals surface area contributed by atoms with Crippen LogP contribution in [-0.4, -0.2) is 11.4 Å². The Labute approximate surface area is 67.6 Å². The van der Waals surface area contributed by atoms with Crippen molar-refractivity contribution in [2.75, 3.05) is 0 Å². The van der Waals surface area contributed by atoms with Crippen LogP contribution in [0.2, 0.25) is 0 Å². The van der Waals surface area contributed by atoms with Crippen molar-refractivity contribution in [3.63, 3.8) is 0 Å². The highest BCUT2D eigenvalue weighted by molar-refractivity contribution is 6.06. The summed E-state index contributed by atoms with van der Waals surface area (Å²) < 4.78 is 13.7. The fourth-order valence-electron chi connectivity index (χ4n) is 0.751. The topological polar surface area (TPSA) is 37.3 Å². The number of benzene rings is 1. The lowest BCUT2D eigenvalue weighted by molar-refractivity contribution is -0.103. The molecule has 1 aromatic rings. The van der Waals surface area contributed by atoms with Gasteiger partial charge in [-0.15, -0.1) is 0 Å². The van der Waals surface area contributed by atoms with E-state index in [0.717, 1.165) is 0 Å². The number of carbonyl (C=O) groups is 1. The Morgan fingerprint density at radius 2 is 2.09 bits per heavy atom. The molecule has 0 unspecified atom stereocenters. The quantitative estimate of drug-likeness (QED) is 0.396. The van der Waals surface area contributed by atoms with Crippen molar-refractivity contribution in [1.29, 1.82) is 0 Å². The molecule has 0 radical (unpaired) electrons. The van der Waals surface area contributed by atoms with E-state index in [0.29, 0.717) is 5.56 Å². The first-order chi connectivity index (χ1) is 6.13. The van der Waals surface area contributed by atoms with Gasteiger partial charge in [0, 0.05) is 0 Å². The summed E-state index contributed by atoms with van der Waals surface area (Å²) in [6.45, 7) is 0. The van der Waals surface area contributed by atoms with Crippen LogP contribution in [0.5, 0.6) is 0 Å². The Bertz CT molecular complexity index is 340. The van der Waals surface area contributed by atoms with Crippen LogP contribution in [0, 0.1) is 0 Å². The molecule has 0 aromatic heterocycles. The largest absolute Gasteiger partial charge is 0.515 e. The Balaban J connectivity index is 3.20. The molecule has 56 valence electrons. The number of hydrogen-bond acceptors (Lipinski definition) is 2. The Hall–Kier alpha value is -1.57. The van der Waals surface area contributed by atoms with Gasteiger partial charge in [-0.05, 0) is 5.56 Å². The van der Waals surface area contributed by atoms with Crippen molar-refractivity contribution in [3.05, 3.63) is 42.1 Å². The minimum atomic E-state index is -1.06. The summed E-state index contributed by atoms with van der Waals surface area (Å²) in [5, 5.41) is 8.84. The summed E-state index contributed by atoms with van der Waals surface area (Å²) in [5.41, 5.74) is 0.107. The molecule has 11 heavy (non-hydrogen) atoms. The van der Waals surface area contributed by atoms with Crippen molar-refractivity contribution >= 4 is 11.8 Å². The first-order valence-corrected chi connectivity index (χ1v) is 3.09. The zero-order valence-electron chi connectivity index (χ0n) is 7.74. The van der Waals surface area contributed by atoms with Gasteiger partial charge in [-0.3, -0.25) is 4.79 Å². The number of aldehydes is 1. The van der Waals surface area contributed by atoms with Crippen LogP contribution in [0.3, 0.4) is 0 Å². The van der Waals surface area contributed by atoms with Crippen LogP contribution in [0.1, 0.15) is 8.30 Å². The standard InChI is InChI=1S/C9H8O2/c10-6-9(7-11)8-4-2-1-3-5-8/h1-7,10H/b9-6+/i6D,7D. The van der Waals surface area contributed by atoms with Crippen molar-refractivity contribution in [2.24, 2.45) is 0 Å². The molecule has 0 aliphatic carbocycles. The molecule has 0 fully saturated rings. The molecule has 0 aliphatic rings. The SMILES string of the molecule is [2H]C(=O)/C(=C(/[2H])O)c1ccccc1. The second-order valence-electron chi connectivity index (χ2n) is 1.95. The average molecular weight is 150 g/mol. The van der Waals surface area contributed by atoms with Crippen LogP contribution in [0.25, 0.3) is 5.57 Å². The van der Waals surface area contributed by atoms with Gasteiger partial charge in [0.05, 0.1) is 11.8 Å². The summed E-state index contributed by atoms with van der Waals surface area (Å²) >= 11 is 0. The lowest BCUT2D eigenvalue weighted by Crippen LogP contribution is -1.83. The first-order valence-electron chi connectivity index (χ1n) is 4.09. The van der Waals surface area contributed by atoms with Crippen molar-refractivity contribution < 1.29 is 12.6 Å². The van der Waals surface area contributed by atoms with E-state index in [9.17, 15) is 4.79 Å². The van der Waals surface area contributed by atoms with E-state index in [1.165, 1.54) is 0 Å². The number of hydrogen-bond donors (Lipinski definition) is 1. The summed E-state index contributed by atoms with van der Waals surface area (Å²) in [6.07, 6.45) is -1.93. The van der Waals surface area contributed by atoms with E-state index >= 15 is 0 Å². The highest BCUT2D eigenvalue weighted by atomic mass is 16.2. The summed E-state index contributed by atoms with van der Waals surface area (Å²) in [5.74, 6) is 0. The first kappa shape index (κ1) is 5.13. The van der Waals surface area contributed by atoms with Crippen LogP contribution >= 0.6 is 0 Å². The third kappa shape index (κ3) is 1.67. The molecule has 0 heterocycles. The van der Waals surface area contributed by atoms with E-state index in [1.807, 2.05) is 0 Å².